The number of hydrogen-bond acceptors (Lipinski definition) is 3. The third-order valence-electron chi connectivity index (χ3n) is 3.40. The number of nitrogens with one attached hydrogen (secondary N) is 1. The fourth-order valence-corrected chi connectivity index (χ4v) is 2.85. The highest BCUT2D eigenvalue weighted by Crippen LogP contribution is 2.30. The van der Waals surface area contributed by atoms with Gasteiger partial charge < -0.3 is 0 Å². The van der Waals surface area contributed by atoms with E-state index in [1.807, 2.05) is 36.4 Å². The van der Waals surface area contributed by atoms with E-state index < -0.39 is 0 Å². The zero-order valence-electron chi connectivity index (χ0n) is 11.1. The van der Waals surface area contributed by atoms with Crippen LogP contribution in [0.25, 0.3) is 10.9 Å². The average molecular weight is 346 g/mol. The van der Waals surface area contributed by atoms with E-state index in [-0.39, 0.29) is 11.9 Å². The number of hydrazine groups is 1. The van der Waals surface area contributed by atoms with Gasteiger partial charge in [0.2, 0.25) is 0 Å². The van der Waals surface area contributed by atoms with Gasteiger partial charge in [0, 0.05) is 11.6 Å². The van der Waals surface area contributed by atoms with Gasteiger partial charge in [0.05, 0.1) is 16.0 Å². The van der Waals surface area contributed by atoms with E-state index in [1.165, 1.54) is 6.07 Å². The zero-order valence-corrected chi connectivity index (χ0v) is 12.6. The molecule has 5 heteroatoms. The predicted molar refractivity (Wildman–Crippen MR) is 85.0 cm³/mol. The maximum absolute atomic E-state index is 13.7. The molecule has 0 bridgehead atoms. The van der Waals surface area contributed by atoms with Crippen LogP contribution < -0.4 is 11.3 Å². The van der Waals surface area contributed by atoms with E-state index in [4.69, 9.17) is 5.84 Å². The number of benzene rings is 2. The van der Waals surface area contributed by atoms with Crippen LogP contribution in [-0.4, -0.2) is 4.98 Å². The summed E-state index contributed by atoms with van der Waals surface area (Å²) in [5, 5.41) is 1.02. The molecule has 1 heterocycles. The zero-order chi connectivity index (χ0) is 14.8. The van der Waals surface area contributed by atoms with Gasteiger partial charge in [0.15, 0.2) is 0 Å². The summed E-state index contributed by atoms with van der Waals surface area (Å²) >= 11 is 3.28. The van der Waals surface area contributed by atoms with Gasteiger partial charge in [-0.15, -0.1) is 0 Å². The highest BCUT2D eigenvalue weighted by molar-refractivity contribution is 9.10. The van der Waals surface area contributed by atoms with E-state index >= 15 is 0 Å². The Kier molecular flexibility index (Phi) is 3.96. The van der Waals surface area contributed by atoms with Crippen LogP contribution in [0.1, 0.15) is 17.2 Å². The van der Waals surface area contributed by atoms with Crippen LogP contribution in [0.15, 0.2) is 59.2 Å². The molecule has 3 N–H and O–H groups in total. The third-order valence-corrected chi connectivity index (χ3v) is 4.24. The molecule has 0 amide bonds. The average Bonchev–Trinajstić information content (AvgIpc) is 2.52. The normalized spacial score (nSPS) is 12.5. The summed E-state index contributed by atoms with van der Waals surface area (Å²) in [7, 11) is 0. The van der Waals surface area contributed by atoms with E-state index in [0.29, 0.717) is 4.47 Å². The Morgan fingerprint density at radius 1 is 1.14 bits per heavy atom. The van der Waals surface area contributed by atoms with E-state index in [1.54, 1.807) is 12.3 Å². The van der Waals surface area contributed by atoms with Crippen molar-refractivity contribution in [1.82, 2.24) is 10.4 Å². The van der Waals surface area contributed by atoms with Gasteiger partial charge in [-0.05, 0) is 45.3 Å². The number of nitrogens with two attached hydrogens (primary N) is 1. The molecule has 2 aromatic carbocycles. The lowest BCUT2D eigenvalue weighted by molar-refractivity contribution is 0.597. The number of rotatable bonds is 3. The largest absolute Gasteiger partial charge is 0.271 e. The number of aromatic nitrogens is 1. The Morgan fingerprint density at radius 2 is 1.95 bits per heavy atom. The molecule has 21 heavy (non-hydrogen) atoms. The first-order valence-electron chi connectivity index (χ1n) is 6.45. The van der Waals surface area contributed by atoms with Crippen molar-refractivity contribution in [1.29, 1.82) is 0 Å². The minimum absolute atomic E-state index is 0.318. The summed E-state index contributed by atoms with van der Waals surface area (Å²) < 4.78 is 14.1. The molecule has 1 unspecified atom stereocenters. The molecule has 1 aromatic heterocycles. The smallest absolute Gasteiger partial charge is 0.137 e. The van der Waals surface area contributed by atoms with Crippen molar-refractivity contribution in [3.05, 3.63) is 76.1 Å². The van der Waals surface area contributed by atoms with Crippen molar-refractivity contribution >= 4 is 26.8 Å². The van der Waals surface area contributed by atoms with Gasteiger partial charge >= 0.3 is 0 Å². The summed E-state index contributed by atoms with van der Waals surface area (Å²) in [6.07, 6.45) is 1.75. The molecule has 0 saturated carbocycles. The van der Waals surface area contributed by atoms with Gasteiger partial charge in [0.25, 0.3) is 0 Å². The lowest BCUT2D eigenvalue weighted by Crippen LogP contribution is -2.29. The van der Waals surface area contributed by atoms with Crippen LogP contribution >= 0.6 is 15.9 Å². The van der Waals surface area contributed by atoms with E-state index in [0.717, 1.165) is 22.0 Å². The van der Waals surface area contributed by atoms with Crippen molar-refractivity contribution in [2.24, 2.45) is 5.84 Å². The number of para-hydroxylation sites is 1. The second-order valence-corrected chi connectivity index (χ2v) is 5.50. The Morgan fingerprint density at radius 3 is 2.76 bits per heavy atom. The molecule has 0 saturated heterocycles. The van der Waals surface area contributed by atoms with Crippen molar-refractivity contribution < 1.29 is 4.39 Å². The maximum Gasteiger partial charge on any atom is 0.137 e. The van der Waals surface area contributed by atoms with Crippen LogP contribution in [-0.2, 0) is 0 Å². The first kappa shape index (κ1) is 14.1. The second kappa shape index (κ2) is 5.89. The molecular formula is C16H13BrFN3. The second-order valence-electron chi connectivity index (χ2n) is 4.70. The topological polar surface area (TPSA) is 50.9 Å². The number of pyridine rings is 1. The summed E-state index contributed by atoms with van der Waals surface area (Å²) in [6, 6.07) is 14.4. The first-order chi connectivity index (χ1) is 10.2. The predicted octanol–water partition coefficient (Wildman–Crippen LogP) is 3.69. The molecule has 1 atom stereocenters. The molecule has 3 nitrogen and oxygen atoms in total. The Hall–Kier alpha value is -1.82. The van der Waals surface area contributed by atoms with Crippen LogP contribution in [0.4, 0.5) is 4.39 Å². The monoisotopic (exact) mass is 345 g/mol. The van der Waals surface area contributed by atoms with Gasteiger partial charge in [0.1, 0.15) is 5.82 Å². The molecule has 3 aromatic rings. The molecule has 0 aliphatic rings. The standard InChI is InChI=1S/C16H13BrFN3/c17-15-12(5-3-6-13(15)18)16(21-19)11-8-10-4-1-2-7-14(10)20-9-11/h1-9,16,21H,19H2. The SMILES string of the molecule is NNC(c1cnc2ccccc2c1)c1cccc(F)c1Br. The van der Waals surface area contributed by atoms with Crippen LogP contribution in [0.5, 0.6) is 0 Å². The first-order valence-corrected chi connectivity index (χ1v) is 7.24. The fraction of sp³-hybridized carbons (Fsp3) is 0.0625. The lowest BCUT2D eigenvalue weighted by Gasteiger charge is -2.18. The number of hydrogen-bond donors (Lipinski definition) is 2. The molecule has 0 radical (unpaired) electrons. The molecule has 0 aliphatic carbocycles. The fourth-order valence-electron chi connectivity index (χ4n) is 2.35. The Bertz CT molecular complexity index is 791. The highest BCUT2D eigenvalue weighted by atomic mass is 79.9. The van der Waals surface area contributed by atoms with Gasteiger partial charge in [-0.25, -0.2) is 9.82 Å². The van der Waals surface area contributed by atoms with E-state index in [2.05, 4.69) is 26.3 Å². The third kappa shape index (κ3) is 2.68. The van der Waals surface area contributed by atoms with Crippen LogP contribution in [0.2, 0.25) is 0 Å². The number of nitrogens with zero attached hydrogens (tertiary/aromatic N) is 1. The molecule has 0 fully saturated rings. The van der Waals surface area contributed by atoms with Gasteiger partial charge in [-0.2, -0.15) is 0 Å². The van der Waals surface area contributed by atoms with Crippen molar-refractivity contribution in [3.8, 4) is 0 Å². The summed E-state index contributed by atoms with van der Waals surface area (Å²) in [6.45, 7) is 0. The molecule has 0 spiro atoms. The maximum atomic E-state index is 13.7. The summed E-state index contributed by atoms with van der Waals surface area (Å²) in [4.78, 5) is 4.42. The van der Waals surface area contributed by atoms with Crippen molar-refractivity contribution in [2.45, 2.75) is 6.04 Å². The minimum atomic E-state index is -0.341. The van der Waals surface area contributed by atoms with Crippen LogP contribution in [0, 0.1) is 5.82 Å². The molecule has 0 aliphatic heterocycles. The minimum Gasteiger partial charge on any atom is -0.271 e. The number of fused-ring (bicyclic) bond motifs is 1. The number of halogens is 2. The quantitative estimate of drug-likeness (QED) is 0.562. The summed E-state index contributed by atoms with van der Waals surface area (Å²) in [5.41, 5.74) is 5.25. The van der Waals surface area contributed by atoms with Gasteiger partial charge in [-0.3, -0.25) is 10.8 Å². The Balaban J connectivity index is 2.11. The highest BCUT2D eigenvalue weighted by Gasteiger charge is 2.18. The van der Waals surface area contributed by atoms with E-state index in [9.17, 15) is 4.39 Å². The van der Waals surface area contributed by atoms with Crippen molar-refractivity contribution in [3.63, 3.8) is 0 Å². The molecule has 3 rings (SSSR count). The summed E-state index contributed by atoms with van der Waals surface area (Å²) in [5.74, 6) is 5.36. The van der Waals surface area contributed by atoms with Crippen LogP contribution in [0.3, 0.4) is 0 Å². The van der Waals surface area contributed by atoms with Crippen molar-refractivity contribution in [2.75, 3.05) is 0 Å². The molecular weight excluding hydrogens is 333 g/mol. The Labute approximate surface area is 130 Å². The van der Waals surface area contributed by atoms with Gasteiger partial charge in [-0.1, -0.05) is 30.3 Å². The lowest BCUT2D eigenvalue weighted by atomic mass is 9.99. The molecule has 106 valence electrons.